The fourth-order valence-corrected chi connectivity index (χ4v) is 2.80. The molecule has 1 aromatic rings. The first kappa shape index (κ1) is 13.1. The minimum Gasteiger partial charge on any atom is -0.394 e. The van der Waals surface area contributed by atoms with E-state index in [9.17, 15) is 4.79 Å². The Morgan fingerprint density at radius 3 is 2.89 bits per heavy atom. The standard InChI is InChI=1S/C11H18N4O2S/c1-7(6-16)13-10(17)8-9(12)14-11(18-8)15-4-2-3-5-15/h7,16H,2-6,12H2,1H3,(H,13,17). The highest BCUT2D eigenvalue weighted by Crippen LogP contribution is 2.30. The van der Waals surface area contributed by atoms with Crippen molar-refractivity contribution in [1.29, 1.82) is 0 Å². The minimum atomic E-state index is -0.283. The van der Waals surface area contributed by atoms with E-state index in [1.165, 1.54) is 11.3 Å². The van der Waals surface area contributed by atoms with Gasteiger partial charge < -0.3 is 21.1 Å². The summed E-state index contributed by atoms with van der Waals surface area (Å²) in [5, 5.41) is 12.4. The number of hydrogen-bond acceptors (Lipinski definition) is 6. The van der Waals surface area contributed by atoms with E-state index in [-0.39, 0.29) is 24.4 Å². The summed E-state index contributed by atoms with van der Waals surface area (Å²) < 4.78 is 0. The second kappa shape index (κ2) is 5.53. The van der Waals surface area contributed by atoms with Crippen LogP contribution in [0.4, 0.5) is 10.9 Å². The van der Waals surface area contributed by atoms with Crippen LogP contribution in [-0.2, 0) is 0 Å². The second-order valence-electron chi connectivity index (χ2n) is 4.46. The van der Waals surface area contributed by atoms with E-state index in [4.69, 9.17) is 10.8 Å². The highest BCUT2D eigenvalue weighted by Gasteiger charge is 2.22. The number of aliphatic hydroxyl groups excluding tert-OH is 1. The summed E-state index contributed by atoms with van der Waals surface area (Å²) in [6.45, 7) is 3.59. The fraction of sp³-hybridized carbons (Fsp3) is 0.636. The van der Waals surface area contributed by atoms with Gasteiger partial charge in [0.2, 0.25) is 0 Å². The summed E-state index contributed by atoms with van der Waals surface area (Å²) in [6.07, 6.45) is 2.31. The zero-order chi connectivity index (χ0) is 13.1. The van der Waals surface area contributed by atoms with Crippen LogP contribution in [-0.4, -0.2) is 41.7 Å². The van der Waals surface area contributed by atoms with Crippen molar-refractivity contribution in [3.8, 4) is 0 Å². The van der Waals surface area contributed by atoms with Gasteiger partial charge in [-0.1, -0.05) is 11.3 Å². The van der Waals surface area contributed by atoms with Gasteiger partial charge in [0.05, 0.1) is 6.61 Å². The van der Waals surface area contributed by atoms with E-state index in [2.05, 4.69) is 15.2 Å². The van der Waals surface area contributed by atoms with Crippen molar-refractivity contribution in [1.82, 2.24) is 10.3 Å². The molecule has 0 aliphatic carbocycles. The van der Waals surface area contributed by atoms with Crippen LogP contribution in [0.15, 0.2) is 0 Å². The molecule has 100 valence electrons. The number of aliphatic hydroxyl groups is 1. The molecule has 0 radical (unpaired) electrons. The molecule has 7 heteroatoms. The number of rotatable bonds is 4. The first-order valence-electron chi connectivity index (χ1n) is 6.04. The minimum absolute atomic E-state index is 0.0938. The Hall–Kier alpha value is -1.34. The zero-order valence-electron chi connectivity index (χ0n) is 10.3. The van der Waals surface area contributed by atoms with Crippen LogP contribution in [0.5, 0.6) is 0 Å². The van der Waals surface area contributed by atoms with Crippen LogP contribution < -0.4 is 16.0 Å². The zero-order valence-corrected chi connectivity index (χ0v) is 11.2. The smallest absolute Gasteiger partial charge is 0.265 e. The van der Waals surface area contributed by atoms with Crippen molar-refractivity contribution in [3.05, 3.63) is 4.88 Å². The molecule has 1 unspecified atom stereocenters. The molecule has 1 aliphatic heterocycles. The van der Waals surface area contributed by atoms with Gasteiger partial charge in [-0.2, -0.15) is 0 Å². The number of amides is 1. The van der Waals surface area contributed by atoms with Crippen molar-refractivity contribution >= 4 is 28.2 Å². The lowest BCUT2D eigenvalue weighted by Gasteiger charge is -2.12. The third-order valence-corrected chi connectivity index (χ3v) is 4.01. The first-order chi connectivity index (χ1) is 8.61. The molecular weight excluding hydrogens is 252 g/mol. The van der Waals surface area contributed by atoms with Crippen LogP contribution in [0.2, 0.25) is 0 Å². The number of hydrogen-bond donors (Lipinski definition) is 3. The van der Waals surface area contributed by atoms with Gasteiger partial charge in [-0.15, -0.1) is 0 Å². The van der Waals surface area contributed by atoms with E-state index < -0.39 is 0 Å². The summed E-state index contributed by atoms with van der Waals surface area (Å²) in [5.41, 5.74) is 5.78. The summed E-state index contributed by atoms with van der Waals surface area (Å²) in [6, 6.07) is -0.283. The molecule has 1 fully saturated rings. The monoisotopic (exact) mass is 270 g/mol. The Bertz CT molecular complexity index is 429. The summed E-state index contributed by atoms with van der Waals surface area (Å²) in [7, 11) is 0. The van der Waals surface area contributed by atoms with Crippen molar-refractivity contribution in [2.75, 3.05) is 30.3 Å². The molecule has 1 atom stereocenters. The Morgan fingerprint density at radius 1 is 1.61 bits per heavy atom. The Balaban J connectivity index is 2.10. The normalized spacial score (nSPS) is 16.9. The molecule has 0 saturated carbocycles. The quantitative estimate of drug-likeness (QED) is 0.738. The molecule has 1 amide bonds. The van der Waals surface area contributed by atoms with Gasteiger partial charge in [0.25, 0.3) is 5.91 Å². The average molecular weight is 270 g/mol. The van der Waals surface area contributed by atoms with E-state index in [1.54, 1.807) is 6.92 Å². The number of carbonyl (C=O) groups excluding carboxylic acids is 1. The van der Waals surface area contributed by atoms with Crippen molar-refractivity contribution in [2.24, 2.45) is 0 Å². The maximum absolute atomic E-state index is 11.9. The van der Waals surface area contributed by atoms with Crippen molar-refractivity contribution in [3.63, 3.8) is 0 Å². The third-order valence-electron chi connectivity index (χ3n) is 2.88. The molecule has 4 N–H and O–H groups in total. The van der Waals surface area contributed by atoms with Gasteiger partial charge in [-0.25, -0.2) is 4.98 Å². The van der Waals surface area contributed by atoms with Gasteiger partial charge >= 0.3 is 0 Å². The molecule has 2 rings (SSSR count). The van der Waals surface area contributed by atoms with Gasteiger partial charge in [0.15, 0.2) is 5.13 Å². The van der Waals surface area contributed by atoms with E-state index in [1.807, 2.05) is 0 Å². The van der Waals surface area contributed by atoms with Crippen LogP contribution in [0.25, 0.3) is 0 Å². The third kappa shape index (κ3) is 2.73. The molecule has 1 aromatic heterocycles. The number of nitrogens with two attached hydrogens (primary N) is 1. The van der Waals surface area contributed by atoms with Gasteiger partial charge in [0.1, 0.15) is 10.7 Å². The van der Waals surface area contributed by atoms with Gasteiger partial charge in [0, 0.05) is 19.1 Å². The number of carbonyl (C=O) groups is 1. The highest BCUT2D eigenvalue weighted by atomic mass is 32.1. The topological polar surface area (TPSA) is 91.5 Å². The maximum Gasteiger partial charge on any atom is 0.265 e. The van der Waals surface area contributed by atoms with Crippen molar-refractivity contribution < 1.29 is 9.90 Å². The number of nitrogen functional groups attached to an aromatic ring is 1. The van der Waals surface area contributed by atoms with Crippen LogP contribution >= 0.6 is 11.3 Å². The molecule has 2 heterocycles. The molecule has 1 saturated heterocycles. The van der Waals surface area contributed by atoms with E-state index in [0.717, 1.165) is 31.1 Å². The Morgan fingerprint density at radius 2 is 2.28 bits per heavy atom. The summed E-state index contributed by atoms with van der Waals surface area (Å²) in [4.78, 5) is 18.7. The van der Waals surface area contributed by atoms with E-state index in [0.29, 0.717) is 4.88 Å². The number of aromatic nitrogens is 1. The average Bonchev–Trinajstić information content (AvgIpc) is 2.97. The lowest BCUT2D eigenvalue weighted by molar-refractivity contribution is 0.0927. The first-order valence-corrected chi connectivity index (χ1v) is 6.86. The lowest BCUT2D eigenvalue weighted by Crippen LogP contribution is -2.34. The van der Waals surface area contributed by atoms with Gasteiger partial charge in [-0.3, -0.25) is 4.79 Å². The number of thiazole rings is 1. The molecule has 0 bridgehead atoms. The predicted octanol–water partition coefficient (Wildman–Crippen LogP) is 0.436. The molecule has 18 heavy (non-hydrogen) atoms. The SMILES string of the molecule is CC(CO)NC(=O)c1sc(N2CCCC2)nc1N. The number of nitrogens with one attached hydrogen (secondary N) is 1. The summed E-state index contributed by atoms with van der Waals surface area (Å²) >= 11 is 1.31. The fourth-order valence-electron chi connectivity index (χ4n) is 1.86. The second-order valence-corrected chi connectivity index (χ2v) is 5.44. The van der Waals surface area contributed by atoms with Crippen molar-refractivity contribution in [2.45, 2.75) is 25.8 Å². The Kier molecular flexibility index (Phi) is 4.03. The Labute approximate surface area is 110 Å². The van der Waals surface area contributed by atoms with Crippen LogP contribution in [0, 0.1) is 0 Å². The molecule has 6 nitrogen and oxygen atoms in total. The van der Waals surface area contributed by atoms with Gasteiger partial charge in [-0.05, 0) is 19.8 Å². The van der Waals surface area contributed by atoms with Crippen LogP contribution in [0.3, 0.4) is 0 Å². The molecule has 0 aromatic carbocycles. The lowest BCUT2D eigenvalue weighted by atomic mass is 10.3. The molecular formula is C11H18N4O2S. The predicted molar refractivity (Wildman–Crippen MR) is 72.0 cm³/mol. The van der Waals surface area contributed by atoms with E-state index >= 15 is 0 Å². The summed E-state index contributed by atoms with van der Waals surface area (Å²) in [5.74, 6) is 0.00142. The maximum atomic E-state index is 11.9. The molecule has 1 aliphatic rings. The van der Waals surface area contributed by atoms with Crippen LogP contribution in [0.1, 0.15) is 29.4 Å². The highest BCUT2D eigenvalue weighted by molar-refractivity contribution is 7.18. The number of nitrogens with zero attached hydrogens (tertiary/aromatic N) is 2. The number of anilines is 2. The largest absolute Gasteiger partial charge is 0.394 e. The molecule has 0 spiro atoms.